The van der Waals surface area contributed by atoms with Crippen molar-refractivity contribution in [2.45, 2.75) is 26.5 Å². The molecule has 0 unspecified atom stereocenters. The van der Waals surface area contributed by atoms with E-state index in [1.165, 1.54) is 6.92 Å². The molecule has 2 aliphatic heterocycles. The molecule has 1 amide bonds. The van der Waals surface area contributed by atoms with Crippen molar-refractivity contribution in [2.75, 3.05) is 57.4 Å². The summed E-state index contributed by atoms with van der Waals surface area (Å²) >= 11 is 0. The number of aryl methyl sites for hydroxylation is 2. The lowest BCUT2D eigenvalue weighted by atomic mass is 10.2. The molecule has 1 atom stereocenters. The lowest BCUT2D eigenvalue weighted by Gasteiger charge is -2.35. The van der Waals surface area contributed by atoms with Crippen molar-refractivity contribution in [2.24, 2.45) is 7.05 Å². The van der Waals surface area contributed by atoms with Crippen molar-refractivity contribution in [1.82, 2.24) is 38.9 Å². The number of piperazine rings is 1. The van der Waals surface area contributed by atoms with E-state index >= 15 is 0 Å². The van der Waals surface area contributed by atoms with Crippen LogP contribution in [0.5, 0.6) is 0 Å². The average Bonchev–Trinajstić information content (AvgIpc) is 3.44. The van der Waals surface area contributed by atoms with E-state index in [-0.39, 0.29) is 5.91 Å². The molecule has 0 radical (unpaired) electrons. The summed E-state index contributed by atoms with van der Waals surface area (Å²) in [6.45, 7) is 9.49. The Morgan fingerprint density at radius 1 is 1.03 bits per heavy atom. The third kappa shape index (κ3) is 4.38. The lowest BCUT2D eigenvalue weighted by molar-refractivity contribution is -0.141. The van der Waals surface area contributed by atoms with Crippen LogP contribution in [0.15, 0.2) is 24.3 Å². The highest BCUT2D eigenvalue weighted by molar-refractivity contribution is 5.86. The van der Waals surface area contributed by atoms with E-state index in [1.54, 1.807) is 4.90 Å². The molecule has 12 heteroatoms. The molecule has 38 heavy (non-hydrogen) atoms. The zero-order chi connectivity index (χ0) is 26.4. The standard InChI is InChI=1S/C26H33N9O3/c1-17(36)25(37)34-10-8-32(9-11-34)16-21-28-22-23(31(21)3)29-26(30-24(22)33-12-14-38-15-13-33)35-18(2)27-19-6-4-5-7-20(19)35/h4-7,17,36H,8-16H2,1-3H3/t17-/m1/s1. The SMILES string of the molecule is Cc1nc2ccccc2n1-c1nc(N2CCOCC2)c2nc(CN3CCN(C(=O)[C@@H](C)O)CC3)n(C)c2n1. The number of morpholine rings is 1. The van der Waals surface area contributed by atoms with Gasteiger partial charge in [0.1, 0.15) is 17.8 Å². The van der Waals surface area contributed by atoms with Crippen LogP contribution in [0, 0.1) is 6.92 Å². The summed E-state index contributed by atoms with van der Waals surface area (Å²) in [5.41, 5.74) is 3.41. The van der Waals surface area contributed by atoms with Gasteiger partial charge in [-0.1, -0.05) is 12.1 Å². The zero-order valence-electron chi connectivity index (χ0n) is 22.0. The minimum atomic E-state index is -0.968. The normalized spacial score (nSPS) is 18.0. The zero-order valence-corrected chi connectivity index (χ0v) is 22.0. The Labute approximate surface area is 220 Å². The van der Waals surface area contributed by atoms with Crippen LogP contribution in [0.2, 0.25) is 0 Å². The smallest absolute Gasteiger partial charge is 0.251 e. The van der Waals surface area contributed by atoms with Gasteiger partial charge in [0.05, 0.1) is 30.8 Å². The number of fused-ring (bicyclic) bond motifs is 2. The number of nitrogens with zero attached hydrogens (tertiary/aromatic N) is 9. The van der Waals surface area contributed by atoms with E-state index in [0.29, 0.717) is 38.8 Å². The van der Waals surface area contributed by atoms with Crippen molar-refractivity contribution in [1.29, 1.82) is 0 Å². The first kappa shape index (κ1) is 24.7. The third-order valence-corrected chi connectivity index (χ3v) is 7.43. The van der Waals surface area contributed by atoms with Gasteiger partial charge in [-0.2, -0.15) is 9.97 Å². The van der Waals surface area contributed by atoms with Crippen LogP contribution >= 0.6 is 0 Å². The fourth-order valence-corrected chi connectivity index (χ4v) is 5.31. The Hall–Kier alpha value is -3.61. The number of aliphatic hydroxyl groups is 1. The molecule has 5 heterocycles. The van der Waals surface area contributed by atoms with Gasteiger partial charge in [0.2, 0.25) is 5.95 Å². The first-order valence-electron chi connectivity index (χ1n) is 13.1. The fourth-order valence-electron chi connectivity index (χ4n) is 5.31. The molecule has 1 N–H and O–H groups in total. The monoisotopic (exact) mass is 519 g/mol. The van der Waals surface area contributed by atoms with Crippen LogP contribution in [-0.4, -0.2) is 108 Å². The Kier molecular flexibility index (Phi) is 6.46. The number of rotatable bonds is 5. The molecule has 2 saturated heterocycles. The van der Waals surface area contributed by atoms with Crippen molar-refractivity contribution < 1.29 is 14.6 Å². The molecule has 0 saturated carbocycles. The van der Waals surface area contributed by atoms with E-state index in [0.717, 1.165) is 65.8 Å². The molecule has 2 fully saturated rings. The summed E-state index contributed by atoms with van der Waals surface area (Å²) in [6.07, 6.45) is -0.968. The Balaban J connectivity index is 1.38. The quantitative estimate of drug-likeness (QED) is 0.410. The highest BCUT2D eigenvalue weighted by Gasteiger charge is 2.27. The van der Waals surface area contributed by atoms with Gasteiger partial charge in [-0.25, -0.2) is 9.97 Å². The van der Waals surface area contributed by atoms with Gasteiger partial charge in [-0.05, 0) is 26.0 Å². The molecule has 3 aromatic heterocycles. The maximum Gasteiger partial charge on any atom is 0.251 e. The van der Waals surface area contributed by atoms with Crippen LogP contribution in [0.4, 0.5) is 5.82 Å². The second-order valence-corrected chi connectivity index (χ2v) is 9.97. The largest absolute Gasteiger partial charge is 0.384 e. The van der Waals surface area contributed by atoms with Gasteiger partial charge >= 0.3 is 0 Å². The van der Waals surface area contributed by atoms with Crippen molar-refractivity contribution in [3.8, 4) is 5.95 Å². The number of hydrogen-bond donors (Lipinski definition) is 1. The number of benzene rings is 1. The average molecular weight is 520 g/mol. The summed E-state index contributed by atoms with van der Waals surface area (Å²) in [6, 6.07) is 8.01. The van der Waals surface area contributed by atoms with Gasteiger partial charge in [-0.15, -0.1) is 0 Å². The van der Waals surface area contributed by atoms with Crippen molar-refractivity contribution in [3.05, 3.63) is 35.9 Å². The summed E-state index contributed by atoms with van der Waals surface area (Å²) in [5.74, 6) is 2.88. The second kappa shape index (κ2) is 9.93. The summed E-state index contributed by atoms with van der Waals surface area (Å²) < 4.78 is 9.66. The molecule has 1 aromatic carbocycles. The number of para-hydroxylation sites is 2. The predicted molar refractivity (Wildman–Crippen MR) is 142 cm³/mol. The molecule has 0 aliphatic carbocycles. The van der Waals surface area contributed by atoms with E-state index in [2.05, 4.69) is 9.80 Å². The molecular weight excluding hydrogens is 486 g/mol. The first-order valence-corrected chi connectivity index (χ1v) is 13.1. The molecule has 6 rings (SSSR count). The molecular formula is C26H33N9O3. The summed E-state index contributed by atoms with van der Waals surface area (Å²) in [4.78, 5) is 38.2. The number of anilines is 1. The molecule has 200 valence electrons. The minimum Gasteiger partial charge on any atom is -0.384 e. The number of carbonyl (C=O) groups excluding carboxylic acids is 1. The molecule has 2 aliphatic rings. The topological polar surface area (TPSA) is 118 Å². The Morgan fingerprint density at radius 3 is 2.50 bits per heavy atom. The van der Waals surface area contributed by atoms with Gasteiger partial charge < -0.3 is 24.2 Å². The van der Waals surface area contributed by atoms with Gasteiger partial charge in [0.15, 0.2) is 17.0 Å². The minimum absolute atomic E-state index is 0.215. The van der Waals surface area contributed by atoms with Crippen LogP contribution in [0.25, 0.3) is 28.1 Å². The van der Waals surface area contributed by atoms with E-state index in [1.807, 2.05) is 47.4 Å². The molecule has 12 nitrogen and oxygen atoms in total. The number of aromatic nitrogens is 6. The molecule has 4 aromatic rings. The molecule has 0 bridgehead atoms. The van der Waals surface area contributed by atoms with E-state index in [4.69, 9.17) is 24.7 Å². The number of imidazole rings is 2. The number of hydrogen-bond acceptors (Lipinski definition) is 9. The van der Waals surface area contributed by atoms with Gasteiger partial charge in [0.25, 0.3) is 5.91 Å². The first-order chi connectivity index (χ1) is 18.4. The Morgan fingerprint density at radius 2 is 1.76 bits per heavy atom. The van der Waals surface area contributed by atoms with Gasteiger partial charge in [0, 0.05) is 46.3 Å². The maximum absolute atomic E-state index is 12.2. The maximum atomic E-state index is 12.2. The van der Waals surface area contributed by atoms with Crippen LogP contribution in [-0.2, 0) is 23.1 Å². The fraction of sp³-hybridized carbons (Fsp3) is 0.500. The number of aliphatic hydroxyl groups excluding tert-OH is 1. The van der Waals surface area contributed by atoms with Crippen LogP contribution in [0.3, 0.4) is 0 Å². The highest BCUT2D eigenvalue weighted by atomic mass is 16.5. The summed E-state index contributed by atoms with van der Waals surface area (Å²) in [5, 5.41) is 9.64. The number of carbonyl (C=O) groups is 1. The van der Waals surface area contributed by atoms with Crippen LogP contribution < -0.4 is 4.90 Å². The lowest BCUT2D eigenvalue weighted by Crippen LogP contribution is -2.50. The van der Waals surface area contributed by atoms with Gasteiger partial charge in [-0.3, -0.25) is 14.3 Å². The van der Waals surface area contributed by atoms with E-state index in [9.17, 15) is 9.90 Å². The van der Waals surface area contributed by atoms with Crippen molar-refractivity contribution >= 4 is 33.9 Å². The number of ether oxygens (including phenoxy) is 1. The third-order valence-electron chi connectivity index (χ3n) is 7.43. The van der Waals surface area contributed by atoms with Crippen molar-refractivity contribution in [3.63, 3.8) is 0 Å². The summed E-state index contributed by atoms with van der Waals surface area (Å²) in [7, 11) is 2.00. The second-order valence-electron chi connectivity index (χ2n) is 9.97. The highest BCUT2D eigenvalue weighted by Crippen LogP contribution is 2.28. The van der Waals surface area contributed by atoms with E-state index < -0.39 is 6.10 Å². The predicted octanol–water partition coefficient (Wildman–Crippen LogP) is 0.872. The molecule has 0 spiro atoms. The number of amides is 1. The van der Waals surface area contributed by atoms with Crippen LogP contribution in [0.1, 0.15) is 18.6 Å². The Bertz CT molecular complexity index is 1480.